The van der Waals surface area contributed by atoms with Gasteiger partial charge in [-0.1, -0.05) is 0 Å². The van der Waals surface area contributed by atoms with E-state index in [2.05, 4.69) is 10.2 Å². The highest BCUT2D eigenvalue weighted by Gasteiger charge is 1.96. The maximum Gasteiger partial charge on any atom is 0.264 e. The molecule has 0 fully saturated rings. The standard InChI is InChI=1S/C6H12N8O2/c7-5(8)13-11-3(15)1-2-4(16)12-14-6(9)10/h1-2H,(H,11,15)(H,12,16)(H4,7,8,13)(H4,9,10,14)/b2-1+. The fourth-order valence-corrected chi connectivity index (χ4v) is 0.465. The number of nitrogens with zero attached hydrogens (tertiary/aromatic N) is 2. The van der Waals surface area contributed by atoms with Crippen LogP contribution in [0.3, 0.4) is 0 Å². The Hall–Kier alpha value is -2.78. The van der Waals surface area contributed by atoms with Crippen molar-refractivity contribution in [1.82, 2.24) is 10.9 Å². The monoisotopic (exact) mass is 228 g/mol. The molecule has 2 amide bonds. The molecule has 0 aromatic carbocycles. The number of guanidine groups is 2. The zero-order valence-corrected chi connectivity index (χ0v) is 8.18. The second-order valence-corrected chi connectivity index (χ2v) is 2.36. The molecule has 0 aliphatic carbocycles. The lowest BCUT2D eigenvalue weighted by Crippen LogP contribution is -2.29. The minimum atomic E-state index is -0.687. The SMILES string of the molecule is NC(N)=NNC(=O)/C=C/C(=O)NN=C(N)N. The zero-order chi connectivity index (χ0) is 12.6. The Balaban J connectivity index is 4.08. The lowest BCUT2D eigenvalue weighted by molar-refractivity contribution is -0.118. The normalized spacial score (nSPS) is 9.25. The Labute approximate surface area is 90.4 Å². The summed E-state index contributed by atoms with van der Waals surface area (Å²) in [5, 5.41) is 6.40. The molecule has 0 atom stereocenters. The number of nitrogens with one attached hydrogen (secondary N) is 2. The average Bonchev–Trinajstić information content (AvgIpc) is 2.20. The average molecular weight is 228 g/mol. The molecular weight excluding hydrogens is 216 g/mol. The van der Waals surface area contributed by atoms with Gasteiger partial charge in [0.05, 0.1) is 0 Å². The van der Waals surface area contributed by atoms with E-state index in [1.54, 1.807) is 0 Å². The van der Waals surface area contributed by atoms with Gasteiger partial charge in [0, 0.05) is 12.2 Å². The van der Waals surface area contributed by atoms with Crippen LogP contribution in [0.5, 0.6) is 0 Å². The van der Waals surface area contributed by atoms with Crippen LogP contribution in [-0.4, -0.2) is 23.7 Å². The van der Waals surface area contributed by atoms with Crippen LogP contribution in [-0.2, 0) is 9.59 Å². The van der Waals surface area contributed by atoms with E-state index in [0.29, 0.717) is 0 Å². The summed E-state index contributed by atoms with van der Waals surface area (Å²) in [6.07, 6.45) is 1.79. The number of rotatable bonds is 4. The second-order valence-electron chi connectivity index (χ2n) is 2.36. The zero-order valence-electron chi connectivity index (χ0n) is 8.18. The van der Waals surface area contributed by atoms with E-state index < -0.39 is 11.8 Å². The van der Waals surface area contributed by atoms with Gasteiger partial charge >= 0.3 is 0 Å². The van der Waals surface area contributed by atoms with Crippen LogP contribution >= 0.6 is 0 Å². The van der Waals surface area contributed by atoms with Crippen molar-refractivity contribution in [3.8, 4) is 0 Å². The van der Waals surface area contributed by atoms with E-state index in [1.165, 1.54) is 0 Å². The van der Waals surface area contributed by atoms with Crippen LogP contribution in [0.25, 0.3) is 0 Å². The molecule has 0 aromatic heterocycles. The van der Waals surface area contributed by atoms with Crippen molar-refractivity contribution in [3.05, 3.63) is 12.2 Å². The van der Waals surface area contributed by atoms with Crippen molar-refractivity contribution in [2.45, 2.75) is 0 Å². The largest absolute Gasteiger partial charge is 0.369 e. The summed E-state index contributed by atoms with van der Waals surface area (Å²) in [4.78, 5) is 21.8. The van der Waals surface area contributed by atoms with E-state index >= 15 is 0 Å². The van der Waals surface area contributed by atoms with Crippen molar-refractivity contribution in [2.24, 2.45) is 33.1 Å². The van der Waals surface area contributed by atoms with E-state index in [4.69, 9.17) is 22.9 Å². The molecule has 0 unspecified atom stereocenters. The lowest BCUT2D eigenvalue weighted by Gasteiger charge is -1.94. The first kappa shape index (κ1) is 13.2. The fraction of sp³-hybridized carbons (Fsp3) is 0. The summed E-state index contributed by atoms with van der Waals surface area (Å²) in [6, 6.07) is 0. The van der Waals surface area contributed by atoms with Crippen LogP contribution in [0, 0.1) is 0 Å². The molecule has 16 heavy (non-hydrogen) atoms. The first-order valence-electron chi connectivity index (χ1n) is 3.87. The van der Waals surface area contributed by atoms with Crippen molar-refractivity contribution in [3.63, 3.8) is 0 Å². The van der Waals surface area contributed by atoms with Crippen LogP contribution in [0.2, 0.25) is 0 Å². The van der Waals surface area contributed by atoms with E-state index in [0.717, 1.165) is 12.2 Å². The molecular formula is C6H12N8O2. The van der Waals surface area contributed by atoms with Gasteiger partial charge in [-0.25, -0.2) is 10.9 Å². The van der Waals surface area contributed by atoms with Gasteiger partial charge in [-0.3, -0.25) is 9.59 Å². The second kappa shape index (κ2) is 6.64. The molecule has 0 bridgehead atoms. The molecule has 0 aromatic rings. The third-order valence-electron chi connectivity index (χ3n) is 0.976. The van der Waals surface area contributed by atoms with Gasteiger partial charge in [0.1, 0.15) is 0 Å². The summed E-state index contributed by atoms with van der Waals surface area (Å²) >= 11 is 0. The molecule has 0 saturated carbocycles. The van der Waals surface area contributed by atoms with Crippen molar-refractivity contribution >= 4 is 23.7 Å². The number of nitrogens with two attached hydrogens (primary N) is 4. The third-order valence-corrected chi connectivity index (χ3v) is 0.976. The molecule has 0 aliphatic heterocycles. The molecule has 0 aliphatic rings. The molecule has 0 radical (unpaired) electrons. The van der Waals surface area contributed by atoms with Gasteiger partial charge in [-0.2, -0.15) is 0 Å². The summed E-state index contributed by atoms with van der Waals surface area (Å²) in [5.41, 5.74) is 23.7. The van der Waals surface area contributed by atoms with Gasteiger partial charge in [0.25, 0.3) is 11.8 Å². The van der Waals surface area contributed by atoms with E-state index in [9.17, 15) is 9.59 Å². The topological polar surface area (TPSA) is 187 Å². The predicted octanol–water partition coefficient (Wildman–Crippen LogP) is -3.85. The maximum absolute atomic E-state index is 10.9. The predicted molar refractivity (Wildman–Crippen MR) is 57.0 cm³/mol. The van der Waals surface area contributed by atoms with Gasteiger partial charge in [0.2, 0.25) is 11.9 Å². The van der Waals surface area contributed by atoms with E-state index in [1.807, 2.05) is 10.9 Å². The molecule has 0 heterocycles. The molecule has 88 valence electrons. The maximum atomic E-state index is 10.9. The Bertz CT molecular complexity index is 316. The van der Waals surface area contributed by atoms with E-state index in [-0.39, 0.29) is 11.9 Å². The summed E-state index contributed by atoms with van der Waals surface area (Å²) in [6.45, 7) is 0. The number of hydrogen-bond acceptors (Lipinski definition) is 4. The summed E-state index contributed by atoms with van der Waals surface area (Å²) < 4.78 is 0. The first-order valence-corrected chi connectivity index (χ1v) is 3.87. The minimum Gasteiger partial charge on any atom is -0.369 e. The number of carbonyl (C=O) groups excluding carboxylic acids is 2. The Morgan fingerprint density at radius 2 is 1.12 bits per heavy atom. The van der Waals surface area contributed by atoms with Crippen LogP contribution < -0.4 is 33.8 Å². The highest BCUT2D eigenvalue weighted by molar-refractivity contribution is 5.97. The Morgan fingerprint density at radius 3 is 1.38 bits per heavy atom. The molecule has 0 rings (SSSR count). The highest BCUT2D eigenvalue weighted by Crippen LogP contribution is 1.75. The van der Waals surface area contributed by atoms with Gasteiger partial charge in [-0.05, 0) is 0 Å². The number of amides is 2. The lowest BCUT2D eigenvalue weighted by atomic mass is 10.4. The van der Waals surface area contributed by atoms with Crippen molar-refractivity contribution in [2.75, 3.05) is 0 Å². The summed E-state index contributed by atoms with van der Waals surface area (Å²) in [7, 11) is 0. The minimum absolute atomic E-state index is 0.313. The number of hydrazone groups is 2. The quantitative estimate of drug-likeness (QED) is 0.124. The van der Waals surface area contributed by atoms with Crippen LogP contribution in [0.1, 0.15) is 0 Å². The molecule has 0 spiro atoms. The van der Waals surface area contributed by atoms with Crippen LogP contribution in [0.15, 0.2) is 22.4 Å². The van der Waals surface area contributed by atoms with Crippen LogP contribution in [0.4, 0.5) is 0 Å². The van der Waals surface area contributed by atoms with Gasteiger partial charge < -0.3 is 22.9 Å². The molecule has 10 nitrogen and oxygen atoms in total. The Morgan fingerprint density at radius 1 is 0.812 bits per heavy atom. The fourth-order valence-electron chi connectivity index (χ4n) is 0.465. The smallest absolute Gasteiger partial charge is 0.264 e. The van der Waals surface area contributed by atoms with Gasteiger partial charge in [-0.15, -0.1) is 10.2 Å². The van der Waals surface area contributed by atoms with Crippen molar-refractivity contribution < 1.29 is 9.59 Å². The summed E-state index contributed by atoms with van der Waals surface area (Å²) in [5.74, 6) is -2.00. The number of hydrogen-bond donors (Lipinski definition) is 6. The third kappa shape index (κ3) is 7.85. The molecule has 0 saturated heterocycles. The Kier molecular flexibility index (Phi) is 5.49. The van der Waals surface area contributed by atoms with Crippen molar-refractivity contribution in [1.29, 1.82) is 0 Å². The molecule has 10 heteroatoms. The first-order chi connectivity index (χ1) is 7.41. The highest BCUT2D eigenvalue weighted by atomic mass is 16.2. The molecule has 10 N–H and O–H groups in total. The van der Waals surface area contributed by atoms with Gasteiger partial charge in [0.15, 0.2) is 0 Å². The number of carbonyl (C=O) groups is 2.